The van der Waals surface area contributed by atoms with Crippen LogP contribution in [0.2, 0.25) is 0 Å². The summed E-state index contributed by atoms with van der Waals surface area (Å²) in [5.41, 5.74) is 0.395. The van der Waals surface area contributed by atoms with Gasteiger partial charge < -0.3 is 0 Å². The van der Waals surface area contributed by atoms with Crippen LogP contribution >= 0.6 is 0 Å². The first kappa shape index (κ1) is 11.0. The van der Waals surface area contributed by atoms with E-state index in [1.165, 1.54) is 38.8 Å². The molecule has 0 radical (unpaired) electrons. The minimum atomic E-state index is 0.395. The van der Waals surface area contributed by atoms with Crippen LogP contribution < -0.4 is 0 Å². The van der Waals surface area contributed by atoms with Gasteiger partial charge in [0.25, 0.3) is 0 Å². The van der Waals surface area contributed by atoms with Crippen molar-refractivity contribution in [3.8, 4) is 6.07 Å². The lowest BCUT2D eigenvalue weighted by atomic mass is 10.0. The van der Waals surface area contributed by atoms with Crippen molar-refractivity contribution < 1.29 is 0 Å². The van der Waals surface area contributed by atoms with Crippen LogP contribution in [0.1, 0.15) is 46.0 Å². The predicted octanol–water partition coefficient (Wildman–Crippen LogP) is 2.80. The van der Waals surface area contributed by atoms with Crippen molar-refractivity contribution in [2.24, 2.45) is 11.3 Å². The molecule has 0 unspecified atom stereocenters. The van der Waals surface area contributed by atoms with Crippen molar-refractivity contribution in [1.82, 2.24) is 4.90 Å². The predicted molar refractivity (Wildman–Crippen MR) is 61.3 cm³/mol. The van der Waals surface area contributed by atoms with Crippen LogP contribution in [0, 0.1) is 22.7 Å². The normalized spacial score (nSPS) is 23.1. The molecule has 2 heteroatoms. The Labute approximate surface area is 93.3 Å². The van der Waals surface area contributed by atoms with Gasteiger partial charge in [-0.25, -0.2) is 0 Å². The minimum Gasteiger partial charge on any atom is -0.300 e. The summed E-state index contributed by atoms with van der Waals surface area (Å²) in [6.07, 6.45) is 6.10. The molecule has 0 spiro atoms. The number of rotatable bonds is 6. The highest BCUT2D eigenvalue weighted by atomic mass is 15.2. The van der Waals surface area contributed by atoms with Crippen molar-refractivity contribution in [3.05, 3.63) is 0 Å². The third-order valence-corrected chi connectivity index (χ3v) is 3.61. The van der Waals surface area contributed by atoms with Crippen LogP contribution in [0.3, 0.4) is 0 Å². The van der Waals surface area contributed by atoms with Gasteiger partial charge in [-0.05, 0) is 37.0 Å². The zero-order valence-corrected chi connectivity index (χ0v) is 10.00. The van der Waals surface area contributed by atoms with E-state index in [-0.39, 0.29) is 0 Å². The Bertz CT molecular complexity index is 256. The molecule has 0 atom stereocenters. The van der Waals surface area contributed by atoms with E-state index in [0.717, 1.165) is 18.4 Å². The number of nitrogens with zero attached hydrogens (tertiary/aromatic N) is 2. The molecule has 0 aromatic rings. The van der Waals surface area contributed by atoms with Crippen molar-refractivity contribution in [2.75, 3.05) is 13.1 Å². The second-order valence-corrected chi connectivity index (χ2v) is 5.89. The first-order valence-corrected chi connectivity index (χ1v) is 6.26. The van der Waals surface area contributed by atoms with Gasteiger partial charge in [-0.3, -0.25) is 4.90 Å². The minimum absolute atomic E-state index is 0.395. The maximum Gasteiger partial charge on any atom is 0.0628 e. The lowest BCUT2D eigenvalue weighted by molar-refractivity contribution is 0.190. The fourth-order valence-electron chi connectivity index (χ4n) is 2.42. The Hall–Kier alpha value is -0.550. The Morgan fingerprint density at radius 2 is 2.07 bits per heavy atom. The third-order valence-electron chi connectivity index (χ3n) is 3.61. The molecule has 2 fully saturated rings. The molecule has 2 aliphatic rings. The van der Waals surface area contributed by atoms with E-state index in [1.807, 2.05) is 0 Å². The van der Waals surface area contributed by atoms with Gasteiger partial charge in [0.15, 0.2) is 0 Å². The maximum atomic E-state index is 8.82. The molecule has 0 bridgehead atoms. The number of hydrogen-bond donors (Lipinski definition) is 0. The lowest BCUT2D eigenvalue weighted by Crippen LogP contribution is -2.35. The maximum absolute atomic E-state index is 8.82. The summed E-state index contributed by atoms with van der Waals surface area (Å²) in [4.78, 5) is 2.65. The zero-order valence-electron chi connectivity index (χ0n) is 10.00. The quantitative estimate of drug-likeness (QED) is 0.668. The molecule has 2 aliphatic carbocycles. The molecule has 84 valence electrons. The van der Waals surface area contributed by atoms with Gasteiger partial charge >= 0.3 is 0 Å². The largest absolute Gasteiger partial charge is 0.300 e. The summed E-state index contributed by atoms with van der Waals surface area (Å²) in [6.45, 7) is 6.99. The smallest absolute Gasteiger partial charge is 0.0628 e. The molecule has 15 heavy (non-hydrogen) atoms. The van der Waals surface area contributed by atoms with Crippen molar-refractivity contribution in [2.45, 2.75) is 52.0 Å². The average Bonchev–Trinajstić information content (AvgIpc) is 2.96. The topological polar surface area (TPSA) is 27.0 Å². The van der Waals surface area contributed by atoms with Crippen LogP contribution in [0.5, 0.6) is 0 Å². The van der Waals surface area contributed by atoms with Gasteiger partial charge in [0.05, 0.1) is 6.07 Å². The summed E-state index contributed by atoms with van der Waals surface area (Å²) < 4.78 is 0. The second kappa shape index (κ2) is 4.14. The zero-order chi connectivity index (χ0) is 10.9. The molecule has 2 nitrogen and oxygen atoms in total. The lowest BCUT2D eigenvalue weighted by Gasteiger charge is -2.27. The van der Waals surface area contributed by atoms with E-state index in [1.54, 1.807) is 0 Å². The van der Waals surface area contributed by atoms with E-state index in [0.29, 0.717) is 5.41 Å². The van der Waals surface area contributed by atoms with E-state index < -0.39 is 0 Å². The fraction of sp³-hybridized carbons (Fsp3) is 0.923. The highest BCUT2D eigenvalue weighted by Crippen LogP contribution is 2.50. The number of nitriles is 1. The van der Waals surface area contributed by atoms with Gasteiger partial charge in [0.2, 0.25) is 0 Å². The average molecular weight is 206 g/mol. The summed E-state index contributed by atoms with van der Waals surface area (Å²) >= 11 is 0. The van der Waals surface area contributed by atoms with E-state index in [9.17, 15) is 0 Å². The molecule has 0 saturated heterocycles. The molecule has 0 amide bonds. The molecule has 0 aromatic heterocycles. The van der Waals surface area contributed by atoms with E-state index >= 15 is 0 Å². The first-order chi connectivity index (χ1) is 7.15. The Morgan fingerprint density at radius 3 is 2.47 bits per heavy atom. The highest BCUT2D eigenvalue weighted by molar-refractivity contribution is 5.02. The monoisotopic (exact) mass is 206 g/mol. The van der Waals surface area contributed by atoms with E-state index in [4.69, 9.17) is 5.26 Å². The molecule has 0 aromatic carbocycles. The first-order valence-electron chi connectivity index (χ1n) is 6.26. The summed E-state index contributed by atoms with van der Waals surface area (Å²) in [5, 5.41) is 8.82. The molecule has 2 rings (SSSR count). The molecular formula is C13H22N2. The van der Waals surface area contributed by atoms with Crippen LogP contribution in [0.25, 0.3) is 0 Å². The summed E-state index contributed by atoms with van der Waals surface area (Å²) in [7, 11) is 0. The molecule has 0 aliphatic heterocycles. The molecule has 0 N–H and O–H groups in total. The highest BCUT2D eigenvalue weighted by Gasteiger charge is 2.45. The van der Waals surface area contributed by atoms with Crippen molar-refractivity contribution >= 4 is 0 Å². The van der Waals surface area contributed by atoms with Crippen LogP contribution in [-0.2, 0) is 0 Å². The molecule has 0 heterocycles. The summed E-state index contributed by atoms with van der Waals surface area (Å²) in [5.74, 6) is 0.753. The Kier molecular flexibility index (Phi) is 3.02. The standard InChI is InChI=1S/C13H22N2/c1-11(2)9-15(12-3-4-12)10-13(5-6-13)7-8-14/h11-12H,3-7,9-10H2,1-2H3. The van der Waals surface area contributed by atoms with Crippen LogP contribution in [0.15, 0.2) is 0 Å². The van der Waals surface area contributed by atoms with Crippen molar-refractivity contribution in [1.29, 1.82) is 5.26 Å². The van der Waals surface area contributed by atoms with Gasteiger partial charge in [0, 0.05) is 25.6 Å². The van der Waals surface area contributed by atoms with E-state index in [2.05, 4.69) is 24.8 Å². The van der Waals surface area contributed by atoms with Crippen LogP contribution in [0.4, 0.5) is 0 Å². The molecular weight excluding hydrogens is 184 g/mol. The third kappa shape index (κ3) is 2.95. The van der Waals surface area contributed by atoms with Gasteiger partial charge in [0.1, 0.15) is 0 Å². The number of hydrogen-bond acceptors (Lipinski definition) is 2. The van der Waals surface area contributed by atoms with Crippen molar-refractivity contribution in [3.63, 3.8) is 0 Å². The summed E-state index contributed by atoms with van der Waals surface area (Å²) in [6, 6.07) is 3.21. The van der Waals surface area contributed by atoms with Gasteiger partial charge in [-0.15, -0.1) is 0 Å². The Morgan fingerprint density at radius 1 is 1.40 bits per heavy atom. The van der Waals surface area contributed by atoms with Crippen LogP contribution in [-0.4, -0.2) is 24.0 Å². The fourth-order valence-corrected chi connectivity index (χ4v) is 2.42. The second-order valence-electron chi connectivity index (χ2n) is 5.89. The molecule has 2 saturated carbocycles. The van der Waals surface area contributed by atoms with Gasteiger partial charge in [-0.1, -0.05) is 13.8 Å². The van der Waals surface area contributed by atoms with Gasteiger partial charge in [-0.2, -0.15) is 5.26 Å². The Balaban J connectivity index is 1.86. The SMILES string of the molecule is CC(C)CN(CC1(CC#N)CC1)C1CC1.